The van der Waals surface area contributed by atoms with E-state index in [1.165, 1.54) is 0 Å². The Hall–Kier alpha value is -5.25. The molecule has 2 amide bonds. The van der Waals surface area contributed by atoms with Gasteiger partial charge in [0.2, 0.25) is 5.91 Å². The molecule has 0 saturated carbocycles. The third-order valence-electron chi connectivity index (χ3n) is 8.66. The van der Waals surface area contributed by atoms with Crippen molar-refractivity contribution in [3.63, 3.8) is 0 Å². The lowest BCUT2D eigenvalue weighted by Gasteiger charge is -2.18. The van der Waals surface area contributed by atoms with Crippen LogP contribution in [0.2, 0.25) is 0 Å². The Kier molecular flexibility index (Phi) is 12.6. The number of rotatable bonds is 16. The maximum atomic E-state index is 12.7. The van der Waals surface area contributed by atoms with Gasteiger partial charge in [-0.2, -0.15) is 0 Å². The summed E-state index contributed by atoms with van der Waals surface area (Å²) >= 11 is 0. The van der Waals surface area contributed by atoms with Crippen LogP contribution in [0.5, 0.6) is 5.75 Å². The van der Waals surface area contributed by atoms with Crippen molar-refractivity contribution in [1.29, 1.82) is 0 Å². The number of aliphatic hydroxyl groups is 1. The van der Waals surface area contributed by atoms with Crippen LogP contribution >= 0.6 is 0 Å². The number of aryl methyl sites for hydroxylation is 2. The molecule has 0 radical (unpaired) electrons. The predicted molar refractivity (Wildman–Crippen MR) is 196 cm³/mol. The van der Waals surface area contributed by atoms with Gasteiger partial charge in [-0.3, -0.25) is 9.59 Å². The minimum absolute atomic E-state index is 0.0716. The van der Waals surface area contributed by atoms with Crippen molar-refractivity contribution in [3.8, 4) is 11.6 Å². The monoisotopic (exact) mass is 673 g/mol. The number of aromatic nitrogens is 2. The molecular weight excluding hydrogens is 626 g/mol. The van der Waals surface area contributed by atoms with Crippen LogP contribution in [-0.2, 0) is 30.7 Å². The fraction of sp³-hybridized carbons (Fsp3) is 0.293. The van der Waals surface area contributed by atoms with Gasteiger partial charge < -0.3 is 30.4 Å². The summed E-state index contributed by atoms with van der Waals surface area (Å²) < 4.78 is 7.72. The average Bonchev–Trinajstić information content (AvgIpc) is 3.47. The van der Waals surface area contributed by atoms with E-state index in [0.717, 1.165) is 57.2 Å². The summed E-state index contributed by atoms with van der Waals surface area (Å²) in [6.07, 6.45) is 2.14. The zero-order valence-corrected chi connectivity index (χ0v) is 29.3. The number of ether oxygens (including phenoxy) is 1. The third kappa shape index (κ3) is 9.90. The Labute approximate surface area is 294 Å². The molecule has 0 aliphatic heterocycles. The minimum Gasteiger partial charge on any atom is -0.494 e. The molecule has 0 aliphatic rings. The van der Waals surface area contributed by atoms with E-state index in [0.29, 0.717) is 31.8 Å². The Morgan fingerprint density at radius 1 is 0.820 bits per heavy atom. The number of hydrogen-bond donors (Lipinski definition) is 4. The molecule has 2 aromatic heterocycles. The van der Waals surface area contributed by atoms with E-state index >= 15 is 0 Å². The summed E-state index contributed by atoms with van der Waals surface area (Å²) in [7, 11) is 0. The number of carbonyl (C=O) groups excluding carboxylic acids is 2. The fourth-order valence-electron chi connectivity index (χ4n) is 5.85. The van der Waals surface area contributed by atoms with Crippen LogP contribution in [0, 0.1) is 13.8 Å². The molecule has 0 spiro atoms. The van der Waals surface area contributed by atoms with Crippen LogP contribution < -0.4 is 20.7 Å². The predicted octanol–water partition coefficient (Wildman–Crippen LogP) is 5.93. The number of nitrogens with one attached hydrogen (secondary N) is 3. The minimum atomic E-state index is -0.663. The number of hydrogen-bond acceptors (Lipinski definition) is 6. The SMILES string of the molecule is CCOc1ccccc1CNC(=O)c1ccc(CNC(=O)Cc2ccc(CC(C)NCC(O)c3ccc(-n4c(C)ccc4C)nc3)cc2)cc1. The van der Waals surface area contributed by atoms with Crippen LogP contribution in [0.4, 0.5) is 0 Å². The van der Waals surface area contributed by atoms with Gasteiger partial charge in [0.15, 0.2) is 0 Å². The zero-order chi connectivity index (χ0) is 35.5. The van der Waals surface area contributed by atoms with Crippen molar-refractivity contribution in [2.24, 2.45) is 0 Å². The van der Waals surface area contributed by atoms with Gasteiger partial charge in [0.1, 0.15) is 11.6 Å². The molecule has 2 heterocycles. The second-order valence-electron chi connectivity index (χ2n) is 12.6. The average molecular weight is 674 g/mol. The molecule has 0 saturated heterocycles. The molecule has 4 N–H and O–H groups in total. The molecule has 0 fully saturated rings. The van der Waals surface area contributed by atoms with Gasteiger partial charge in [0, 0.05) is 60.0 Å². The van der Waals surface area contributed by atoms with Crippen molar-refractivity contribution in [2.45, 2.75) is 65.8 Å². The largest absolute Gasteiger partial charge is 0.494 e. The van der Waals surface area contributed by atoms with E-state index in [9.17, 15) is 14.7 Å². The maximum absolute atomic E-state index is 12.7. The first-order valence-corrected chi connectivity index (χ1v) is 17.1. The molecule has 5 aromatic rings. The van der Waals surface area contributed by atoms with E-state index in [2.05, 4.69) is 44.6 Å². The van der Waals surface area contributed by atoms with Crippen molar-refractivity contribution < 1.29 is 19.4 Å². The highest BCUT2D eigenvalue weighted by molar-refractivity contribution is 5.94. The van der Waals surface area contributed by atoms with Crippen LogP contribution in [0.25, 0.3) is 5.82 Å². The second kappa shape index (κ2) is 17.4. The van der Waals surface area contributed by atoms with Crippen LogP contribution in [-0.4, -0.2) is 45.7 Å². The molecule has 9 heteroatoms. The Morgan fingerprint density at radius 3 is 2.18 bits per heavy atom. The smallest absolute Gasteiger partial charge is 0.251 e. The molecular formula is C41H47N5O4. The van der Waals surface area contributed by atoms with E-state index in [4.69, 9.17) is 4.74 Å². The number of para-hydroxylation sites is 1. The fourth-order valence-corrected chi connectivity index (χ4v) is 5.85. The standard InChI is InChI=1S/C41H47N5O4/c1-5-50-38-9-7-6-8-36(38)26-45-41(49)34-18-16-33(17-19-34)24-44-40(48)23-32-14-12-31(13-15-32)22-28(2)42-27-37(47)35-20-21-39(43-25-35)46-29(3)10-11-30(46)4/h6-21,25,28,37,42,47H,5,22-24,26-27H2,1-4H3,(H,44,48)(H,45,49). The second-order valence-corrected chi connectivity index (χ2v) is 12.6. The zero-order valence-electron chi connectivity index (χ0n) is 29.3. The van der Waals surface area contributed by atoms with Gasteiger partial charge >= 0.3 is 0 Å². The maximum Gasteiger partial charge on any atom is 0.251 e. The van der Waals surface area contributed by atoms with Gasteiger partial charge in [-0.1, -0.05) is 60.7 Å². The van der Waals surface area contributed by atoms with E-state index in [1.54, 1.807) is 18.3 Å². The van der Waals surface area contributed by atoms with Crippen LogP contribution in [0.3, 0.4) is 0 Å². The van der Waals surface area contributed by atoms with Crippen molar-refractivity contribution >= 4 is 11.8 Å². The third-order valence-corrected chi connectivity index (χ3v) is 8.66. The van der Waals surface area contributed by atoms with E-state index in [-0.39, 0.29) is 24.3 Å². The molecule has 9 nitrogen and oxygen atoms in total. The number of aliphatic hydroxyl groups excluding tert-OH is 1. The first kappa shape index (κ1) is 36.0. The van der Waals surface area contributed by atoms with Gasteiger partial charge in [-0.15, -0.1) is 0 Å². The van der Waals surface area contributed by atoms with E-state index < -0.39 is 6.10 Å². The number of amides is 2. The number of benzene rings is 3. The Morgan fingerprint density at radius 2 is 1.50 bits per heavy atom. The number of nitrogens with zero attached hydrogens (tertiary/aromatic N) is 2. The summed E-state index contributed by atoms with van der Waals surface area (Å²) in [5.41, 5.74) is 7.48. The first-order valence-electron chi connectivity index (χ1n) is 17.1. The van der Waals surface area contributed by atoms with Gasteiger partial charge in [0.05, 0.1) is 19.1 Å². The molecule has 2 unspecified atom stereocenters. The van der Waals surface area contributed by atoms with Gasteiger partial charge in [-0.25, -0.2) is 4.98 Å². The number of carbonyl (C=O) groups is 2. The first-order chi connectivity index (χ1) is 24.2. The summed E-state index contributed by atoms with van der Waals surface area (Å²) in [6.45, 7) is 9.85. The van der Waals surface area contributed by atoms with Crippen molar-refractivity contribution in [2.75, 3.05) is 13.2 Å². The normalized spacial score (nSPS) is 12.3. The molecule has 0 aliphatic carbocycles. The summed E-state index contributed by atoms with van der Waals surface area (Å²) in [5, 5.41) is 20.1. The van der Waals surface area contributed by atoms with Gasteiger partial charge in [0.25, 0.3) is 5.91 Å². The lowest BCUT2D eigenvalue weighted by molar-refractivity contribution is -0.120. The molecule has 3 aromatic carbocycles. The van der Waals surface area contributed by atoms with Crippen molar-refractivity contribution in [3.05, 3.63) is 148 Å². The molecule has 5 rings (SSSR count). The highest BCUT2D eigenvalue weighted by atomic mass is 16.5. The Bertz CT molecular complexity index is 1830. The highest BCUT2D eigenvalue weighted by Gasteiger charge is 2.13. The van der Waals surface area contributed by atoms with Crippen molar-refractivity contribution in [1.82, 2.24) is 25.5 Å². The highest BCUT2D eigenvalue weighted by Crippen LogP contribution is 2.19. The lowest BCUT2D eigenvalue weighted by Crippen LogP contribution is -2.32. The number of pyridine rings is 1. The summed E-state index contributed by atoms with van der Waals surface area (Å²) in [5.74, 6) is 1.36. The van der Waals surface area contributed by atoms with Crippen LogP contribution in [0.15, 0.2) is 103 Å². The molecule has 0 bridgehead atoms. The van der Waals surface area contributed by atoms with Gasteiger partial charge in [-0.05, 0) is 87.2 Å². The summed E-state index contributed by atoms with van der Waals surface area (Å²) in [4.78, 5) is 29.9. The quantitative estimate of drug-likeness (QED) is 0.103. The Balaban J connectivity index is 1.01. The topological polar surface area (TPSA) is 118 Å². The summed E-state index contributed by atoms with van der Waals surface area (Å²) in [6, 6.07) is 31.1. The molecule has 260 valence electrons. The molecule has 2 atom stereocenters. The molecule has 50 heavy (non-hydrogen) atoms. The van der Waals surface area contributed by atoms with Crippen LogP contribution in [0.1, 0.15) is 69.5 Å². The van der Waals surface area contributed by atoms with E-state index in [1.807, 2.05) is 93.6 Å². The lowest BCUT2D eigenvalue weighted by atomic mass is 10.0.